The monoisotopic (exact) mass is 883 g/mol. The van der Waals surface area contributed by atoms with Crippen LogP contribution in [0.3, 0.4) is 0 Å². The normalized spacial score (nSPS) is 13.8. The zero-order valence-corrected chi connectivity index (χ0v) is 36.4. The molecule has 7 amide bonds. The maximum absolute atomic E-state index is 14.3. The van der Waals surface area contributed by atoms with Crippen LogP contribution in [-0.4, -0.2) is 105 Å². The molecule has 2 aromatic carbocycles. The van der Waals surface area contributed by atoms with Crippen LogP contribution >= 0.6 is 0 Å². The molecule has 2 aromatic heterocycles. The molecular formula is C44H61N13O7. The Morgan fingerprint density at radius 1 is 0.656 bits per heavy atom. The molecule has 6 atom stereocenters. The van der Waals surface area contributed by atoms with Gasteiger partial charge in [-0.05, 0) is 43.4 Å². The lowest BCUT2D eigenvalue weighted by Gasteiger charge is -2.27. The average Bonchev–Trinajstić information content (AvgIpc) is 3.95. The highest BCUT2D eigenvalue weighted by Crippen LogP contribution is 2.19. The summed E-state index contributed by atoms with van der Waals surface area (Å²) in [5.74, 6) is -4.73. The van der Waals surface area contributed by atoms with E-state index in [4.69, 9.17) is 17.2 Å². The maximum Gasteiger partial charge on any atom is 0.243 e. The minimum Gasteiger partial charge on any atom is -0.370 e. The Hall–Kier alpha value is -7.25. The largest absolute Gasteiger partial charge is 0.370 e. The van der Waals surface area contributed by atoms with Gasteiger partial charge < -0.3 is 59.1 Å². The van der Waals surface area contributed by atoms with Crippen LogP contribution < -0.4 is 49.1 Å². The Balaban J connectivity index is 1.56. The summed E-state index contributed by atoms with van der Waals surface area (Å²) >= 11 is 0. The van der Waals surface area contributed by atoms with Gasteiger partial charge in [0.2, 0.25) is 41.4 Å². The molecule has 4 aromatic rings. The van der Waals surface area contributed by atoms with E-state index in [9.17, 15) is 33.6 Å². The van der Waals surface area contributed by atoms with E-state index in [1.54, 1.807) is 43.5 Å². The Bertz CT molecular complexity index is 2210. The number of carbonyl (C=O) groups excluding carboxylic acids is 7. The first-order valence-electron chi connectivity index (χ1n) is 21.4. The van der Waals surface area contributed by atoms with Gasteiger partial charge in [0, 0.05) is 61.2 Å². The minimum atomic E-state index is -1.29. The number of primary amides is 1. The van der Waals surface area contributed by atoms with Crippen molar-refractivity contribution in [2.45, 2.75) is 115 Å². The second-order valence-corrected chi connectivity index (χ2v) is 15.5. The lowest BCUT2D eigenvalue weighted by Crippen LogP contribution is -2.60. The number of nitrogens with zero attached hydrogens (tertiary/aromatic N) is 2. The van der Waals surface area contributed by atoms with Crippen molar-refractivity contribution >= 4 is 58.2 Å². The number of unbranched alkanes of at least 4 members (excludes halogenated alkanes) is 1. The zero-order chi connectivity index (χ0) is 46.6. The molecule has 344 valence electrons. The second kappa shape index (κ2) is 25.0. The number of aromatic amines is 2. The van der Waals surface area contributed by atoms with E-state index in [1.807, 2.05) is 31.2 Å². The van der Waals surface area contributed by atoms with Crippen LogP contribution in [0.2, 0.25) is 0 Å². The highest BCUT2D eigenvalue weighted by atomic mass is 16.2. The predicted molar refractivity (Wildman–Crippen MR) is 241 cm³/mol. The number of fused-ring (bicyclic) bond motifs is 1. The van der Waals surface area contributed by atoms with Crippen LogP contribution in [0.4, 0.5) is 0 Å². The molecule has 4 rings (SSSR count). The smallest absolute Gasteiger partial charge is 0.243 e. The fourth-order valence-corrected chi connectivity index (χ4v) is 6.87. The summed E-state index contributed by atoms with van der Waals surface area (Å²) in [7, 11) is 0. The number of carbonyl (C=O) groups is 7. The van der Waals surface area contributed by atoms with Gasteiger partial charge in [-0.15, -0.1) is 0 Å². The highest BCUT2D eigenvalue weighted by molar-refractivity contribution is 5.97. The maximum atomic E-state index is 14.3. The molecule has 0 fully saturated rings. The topological polar surface area (TPSA) is 327 Å². The summed E-state index contributed by atoms with van der Waals surface area (Å²) in [6.07, 6.45) is 6.84. The first-order chi connectivity index (χ1) is 30.7. The molecule has 0 aliphatic rings. The standard InChI is InChI=1S/C44H61N13O7/c1-4-6-16-32(53-37(58)5-2)40(61)52-26(3)39(60)56-36(22-29-24-48-25-51-29)43(64)57-35(20-27-13-8-7-9-14-27)42(63)54-33(18-12-19-49-44(46)47)41(62)55-34(38(45)59)21-28-23-50-31-17-11-10-15-30(28)31/h7-11,13-15,17,23-26,32-36,50H,4-6,12,16,18-22H2,1-3H3,(H2,45,59)(H,48,51)(H,52,61)(H,53,58)(H,54,63)(H,55,62)(H,56,60)(H,57,64)(H4,46,47,49)/t26-,32-,33-,34-,35+,36-/m0/s1. The fourth-order valence-electron chi connectivity index (χ4n) is 6.87. The third kappa shape index (κ3) is 15.6. The summed E-state index contributed by atoms with van der Waals surface area (Å²) in [5.41, 5.74) is 19.5. The molecule has 0 radical (unpaired) electrons. The van der Waals surface area contributed by atoms with Crippen molar-refractivity contribution in [3.63, 3.8) is 0 Å². The molecule has 0 spiro atoms. The molecule has 0 aliphatic carbocycles. The third-order valence-electron chi connectivity index (χ3n) is 10.4. The quantitative estimate of drug-likeness (QED) is 0.0228. The second-order valence-electron chi connectivity index (χ2n) is 15.5. The molecule has 20 heteroatoms. The number of hydrogen-bond donors (Lipinski definition) is 11. The van der Waals surface area contributed by atoms with Gasteiger partial charge in [0.05, 0.1) is 6.33 Å². The molecule has 0 aliphatic heterocycles. The van der Waals surface area contributed by atoms with E-state index in [0.29, 0.717) is 24.1 Å². The van der Waals surface area contributed by atoms with E-state index in [1.165, 1.54) is 19.4 Å². The van der Waals surface area contributed by atoms with Crippen LogP contribution in [0.15, 0.2) is 78.3 Å². The third-order valence-corrected chi connectivity index (χ3v) is 10.4. The lowest BCUT2D eigenvalue weighted by atomic mass is 10.0. The van der Waals surface area contributed by atoms with Crippen molar-refractivity contribution in [3.8, 4) is 0 Å². The van der Waals surface area contributed by atoms with Crippen LogP contribution in [0.1, 0.15) is 76.1 Å². The van der Waals surface area contributed by atoms with Crippen LogP contribution in [0.25, 0.3) is 10.9 Å². The van der Waals surface area contributed by atoms with E-state index in [-0.39, 0.29) is 56.9 Å². The predicted octanol–water partition coefficient (Wildman–Crippen LogP) is -0.0133. The van der Waals surface area contributed by atoms with Gasteiger partial charge in [0.15, 0.2) is 5.96 Å². The van der Waals surface area contributed by atoms with E-state index >= 15 is 0 Å². The zero-order valence-electron chi connectivity index (χ0n) is 36.4. The van der Waals surface area contributed by atoms with Gasteiger partial charge in [0.1, 0.15) is 36.3 Å². The number of nitrogens with one attached hydrogen (secondary N) is 8. The van der Waals surface area contributed by atoms with Crippen LogP contribution in [0, 0.1) is 0 Å². The number of rotatable bonds is 26. The molecule has 64 heavy (non-hydrogen) atoms. The molecule has 0 saturated carbocycles. The summed E-state index contributed by atoms with van der Waals surface area (Å²) in [6, 6.07) is 9.35. The number of para-hydroxylation sites is 1. The number of aliphatic imine (C=N–C) groups is 1. The van der Waals surface area contributed by atoms with Gasteiger partial charge in [0.25, 0.3) is 0 Å². The van der Waals surface area contributed by atoms with Crippen LogP contribution in [0.5, 0.6) is 0 Å². The van der Waals surface area contributed by atoms with Crippen molar-refractivity contribution in [3.05, 3.63) is 90.1 Å². The molecule has 0 bridgehead atoms. The first kappa shape index (κ1) is 49.4. The molecular weight excluding hydrogens is 823 g/mol. The van der Waals surface area contributed by atoms with E-state index < -0.39 is 71.7 Å². The number of hydrogen-bond acceptors (Lipinski definition) is 9. The number of amides is 7. The Morgan fingerprint density at radius 3 is 1.91 bits per heavy atom. The Morgan fingerprint density at radius 2 is 1.25 bits per heavy atom. The summed E-state index contributed by atoms with van der Waals surface area (Å²) < 4.78 is 0. The van der Waals surface area contributed by atoms with Crippen molar-refractivity contribution in [1.29, 1.82) is 0 Å². The van der Waals surface area contributed by atoms with E-state index in [0.717, 1.165) is 22.9 Å². The van der Waals surface area contributed by atoms with E-state index in [2.05, 4.69) is 51.8 Å². The number of nitrogens with two attached hydrogens (primary N) is 3. The molecule has 2 heterocycles. The van der Waals surface area contributed by atoms with Crippen LogP contribution in [-0.2, 0) is 52.8 Å². The summed E-state index contributed by atoms with van der Waals surface area (Å²) in [4.78, 5) is 108. The van der Waals surface area contributed by atoms with Crippen molar-refractivity contribution in [1.82, 2.24) is 46.9 Å². The number of H-pyrrole nitrogens is 2. The molecule has 14 N–H and O–H groups in total. The number of guanidine groups is 1. The minimum absolute atomic E-state index is 0.0228. The number of benzene rings is 2. The molecule has 0 saturated heterocycles. The van der Waals surface area contributed by atoms with Gasteiger partial charge >= 0.3 is 0 Å². The van der Waals surface area contributed by atoms with Gasteiger partial charge in [-0.2, -0.15) is 0 Å². The highest BCUT2D eigenvalue weighted by Gasteiger charge is 2.33. The average molecular weight is 884 g/mol. The number of aromatic nitrogens is 3. The Labute approximate surface area is 371 Å². The van der Waals surface area contributed by atoms with Crippen molar-refractivity contribution < 1.29 is 33.6 Å². The number of imidazole rings is 1. The summed E-state index contributed by atoms with van der Waals surface area (Å²) in [5, 5.41) is 17.1. The lowest BCUT2D eigenvalue weighted by molar-refractivity contribution is -0.135. The SMILES string of the molecule is CCCC[C@H](NC(=O)CC)C(=O)N[C@@H](C)C(=O)N[C@@H](Cc1cnc[nH]1)C(=O)N[C@H](Cc1ccccc1)C(=O)N[C@@H](CCCN=C(N)N)C(=O)N[C@@H](Cc1c[nH]c2ccccc12)C(N)=O. The van der Waals surface area contributed by atoms with Crippen molar-refractivity contribution in [2.24, 2.45) is 22.2 Å². The van der Waals surface area contributed by atoms with Gasteiger partial charge in [-0.1, -0.05) is 75.2 Å². The van der Waals surface area contributed by atoms with Crippen molar-refractivity contribution in [2.75, 3.05) is 6.54 Å². The molecule has 20 nitrogen and oxygen atoms in total. The van der Waals surface area contributed by atoms with Gasteiger partial charge in [-0.25, -0.2) is 4.98 Å². The Kier molecular flexibility index (Phi) is 19.3. The molecule has 0 unspecified atom stereocenters. The van der Waals surface area contributed by atoms with Gasteiger partial charge in [-0.3, -0.25) is 38.6 Å². The first-order valence-corrected chi connectivity index (χ1v) is 21.4. The fraction of sp³-hybridized carbons (Fsp3) is 0.432. The summed E-state index contributed by atoms with van der Waals surface area (Å²) in [6.45, 7) is 5.19.